The molecule has 1 fully saturated rings. The van der Waals surface area contributed by atoms with Crippen molar-refractivity contribution in [2.75, 3.05) is 39.4 Å². The lowest BCUT2D eigenvalue weighted by atomic mass is 10.2. The molecule has 148 valence electrons. The van der Waals surface area contributed by atoms with Crippen molar-refractivity contribution in [3.63, 3.8) is 0 Å². The molecule has 6 nitrogen and oxygen atoms in total. The van der Waals surface area contributed by atoms with Gasteiger partial charge in [0.25, 0.3) is 5.91 Å². The lowest BCUT2D eigenvalue weighted by Gasteiger charge is -2.26. The van der Waals surface area contributed by atoms with Gasteiger partial charge in [0.2, 0.25) is 0 Å². The van der Waals surface area contributed by atoms with Crippen molar-refractivity contribution in [2.45, 2.75) is 25.9 Å². The number of imidazole rings is 1. The van der Waals surface area contributed by atoms with Gasteiger partial charge >= 0.3 is 6.18 Å². The van der Waals surface area contributed by atoms with Crippen LogP contribution < -0.4 is 5.32 Å². The summed E-state index contributed by atoms with van der Waals surface area (Å²) in [7, 11) is 0. The van der Waals surface area contributed by atoms with E-state index < -0.39 is 17.6 Å². The number of amides is 1. The molecule has 1 amide bonds. The third-order valence-electron chi connectivity index (χ3n) is 4.54. The van der Waals surface area contributed by atoms with E-state index in [1.807, 2.05) is 6.92 Å². The van der Waals surface area contributed by atoms with Gasteiger partial charge in [-0.15, -0.1) is 0 Å². The van der Waals surface area contributed by atoms with Crippen LogP contribution in [0.2, 0.25) is 0 Å². The topological polar surface area (TPSA) is 58.9 Å². The number of fused-ring (bicyclic) bond motifs is 1. The lowest BCUT2D eigenvalue weighted by molar-refractivity contribution is -0.137. The summed E-state index contributed by atoms with van der Waals surface area (Å²) in [6.07, 6.45) is -2.27. The molecule has 1 aliphatic heterocycles. The first-order valence-electron chi connectivity index (χ1n) is 9.06. The summed E-state index contributed by atoms with van der Waals surface area (Å²) in [4.78, 5) is 19.2. The van der Waals surface area contributed by atoms with Gasteiger partial charge in [-0.2, -0.15) is 13.2 Å². The predicted molar refractivity (Wildman–Crippen MR) is 93.8 cm³/mol. The standard InChI is InChI=1S/C18H23F3N4O2/c1-2-3-14-16(17(26)22-6-7-24-8-10-27-11-9-24)25-12-13(18(19,20)21)4-5-15(25)23-14/h4-5,12H,2-3,6-11H2,1H3,(H,22,26). The van der Waals surface area contributed by atoms with Gasteiger partial charge in [0, 0.05) is 32.4 Å². The summed E-state index contributed by atoms with van der Waals surface area (Å²) in [5, 5.41) is 2.82. The van der Waals surface area contributed by atoms with E-state index in [1.54, 1.807) is 0 Å². The molecular weight excluding hydrogens is 361 g/mol. The van der Waals surface area contributed by atoms with Crippen LogP contribution in [0, 0.1) is 0 Å². The Bertz CT molecular complexity index is 798. The number of halogens is 3. The van der Waals surface area contributed by atoms with E-state index in [0.717, 1.165) is 31.8 Å². The summed E-state index contributed by atoms with van der Waals surface area (Å²) >= 11 is 0. The molecular formula is C18H23F3N4O2. The maximum atomic E-state index is 13.1. The normalized spacial score (nSPS) is 16.0. The molecule has 0 spiro atoms. The van der Waals surface area contributed by atoms with Crippen molar-refractivity contribution in [1.29, 1.82) is 0 Å². The number of aryl methyl sites for hydroxylation is 1. The summed E-state index contributed by atoms with van der Waals surface area (Å²) in [5.74, 6) is -0.404. The first-order valence-corrected chi connectivity index (χ1v) is 9.06. The largest absolute Gasteiger partial charge is 0.417 e. The Morgan fingerprint density at radius 2 is 2.04 bits per heavy atom. The number of hydrogen-bond acceptors (Lipinski definition) is 4. The minimum atomic E-state index is -4.48. The smallest absolute Gasteiger partial charge is 0.379 e. The van der Waals surface area contributed by atoms with Crippen LogP contribution in [0.25, 0.3) is 5.65 Å². The maximum absolute atomic E-state index is 13.1. The number of aromatic nitrogens is 2. The number of alkyl halides is 3. The Hall–Kier alpha value is -2.13. The molecule has 1 N–H and O–H groups in total. The maximum Gasteiger partial charge on any atom is 0.417 e. The molecule has 0 unspecified atom stereocenters. The third-order valence-corrected chi connectivity index (χ3v) is 4.54. The molecule has 0 aliphatic carbocycles. The van der Waals surface area contributed by atoms with Crippen molar-refractivity contribution in [3.05, 3.63) is 35.3 Å². The van der Waals surface area contributed by atoms with E-state index in [2.05, 4.69) is 15.2 Å². The summed E-state index contributed by atoms with van der Waals surface area (Å²) in [5.41, 5.74) is 0.225. The van der Waals surface area contributed by atoms with Gasteiger partial charge in [-0.3, -0.25) is 14.1 Å². The highest BCUT2D eigenvalue weighted by atomic mass is 19.4. The number of hydrogen-bond donors (Lipinski definition) is 1. The monoisotopic (exact) mass is 384 g/mol. The molecule has 0 atom stereocenters. The Kier molecular flexibility index (Phi) is 6.01. The van der Waals surface area contributed by atoms with Crippen molar-refractivity contribution >= 4 is 11.6 Å². The van der Waals surface area contributed by atoms with Crippen LogP contribution in [0.5, 0.6) is 0 Å². The van der Waals surface area contributed by atoms with Crippen molar-refractivity contribution < 1.29 is 22.7 Å². The van der Waals surface area contributed by atoms with Gasteiger partial charge in [-0.05, 0) is 18.6 Å². The highest BCUT2D eigenvalue weighted by Crippen LogP contribution is 2.30. The average molecular weight is 384 g/mol. The van der Waals surface area contributed by atoms with Gasteiger partial charge in [0.15, 0.2) is 0 Å². The van der Waals surface area contributed by atoms with Gasteiger partial charge in [0.1, 0.15) is 11.3 Å². The van der Waals surface area contributed by atoms with Crippen LogP contribution in [-0.4, -0.2) is 59.6 Å². The number of pyridine rings is 1. The lowest BCUT2D eigenvalue weighted by Crippen LogP contribution is -2.41. The highest BCUT2D eigenvalue weighted by Gasteiger charge is 2.32. The van der Waals surface area contributed by atoms with Crippen molar-refractivity contribution in [3.8, 4) is 0 Å². The Balaban J connectivity index is 1.81. The molecule has 27 heavy (non-hydrogen) atoms. The zero-order valence-corrected chi connectivity index (χ0v) is 15.2. The second-order valence-corrected chi connectivity index (χ2v) is 6.51. The molecule has 0 saturated carbocycles. The fourth-order valence-electron chi connectivity index (χ4n) is 3.15. The number of morpholine rings is 1. The summed E-state index contributed by atoms with van der Waals surface area (Å²) in [6.45, 7) is 5.97. The number of carbonyl (C=O) groups is 1. The van der Waals surface area contributed by atoms with E-state index in [1.165, 1.54) is 10.5 Å². The average Bonchev–Trinajstić information content (AvgIpc) is 2.99. The van der Waals surface area contributed by atoms with E-state index in [-0.39, 0.29) is 5.69 Å². The quantitative estimate of drug-likeness (QED) is 0.831. The number of nitrogens with one attached hydrogen (secondary N) is 1. The van der Waals surface area contributed by atoms with Gasteiger partial charge in [-0.25, -0.2) is 4.98 Å². The summed E-state index contributed by atoms with van der Waals surface area (Å²) < 4.78 is 45.7. The Labute approximate surface area is 155 Å². The van der Waals surface area contributed by atoms with Crippen LogP contribution in [0.4, 0.5) is 13.2 Å². The fourth-order valence-corrected chi connectivity index (χ4v) is 3.15. The first kappa shape index (κ1) is 19.6. The molecule has 0 radical (unpaired) electrons. The molecule has 1 aliphatic rings. The van der Waals surface area contributed by atoms with Crippen molar-refractivity contribution in [2.24, 2.45) is 0 Å². The van der Waals surface area contributed by atoms with E-state index in [0.29, 0.717) is 44.1 Å². The fraction of sp³-hybridized carbons (Fsp3) is 0.556. The zero-order valence-electron chi connectivity index (χ0n) is 15.2. The highest BCUT2D eigenvalue weighted by molar-refractivity contribution is 5.94. The summed E-state index contributed by atoms with van der Waals surface area (Å²) in [6, 6.07) is 2.28. The van der Waals surface area contributed by atoms with E-state index >= 15 is 0 Å². The van der Waals surface area contributed by atoms with Crippen LogP contribution >= 0.6 is 0 Å². The third kappa shape index (κ3) is 4.59. The molecule has 3 rings (SSSR count). The van der Waals surface area contributed by atoms with E-state index in [4.69, 9.17) is 4.74 Å². The van der Waals surface area contributed by atoms with Crippen molar-refractivity contribution in [1.82, 2.24) is 19.6 Å². The van der Waals surface area contributed by atoms with E-state index in [9.17, 15) is 18.0 Å². The predicted octanol–water partition coefficient (Wildman–Crippen LogP) is 2.37. The Morgan fingerprint density at radius 1 is 1.30 bits per heavy atom. The SMILES string of the molecule is CCCc1nc2ccc(C(F)(F)F)cn2c1C(=O)NCCN1CCOCC1. The van der Waals surface area contributed by atoms with Gasteiger partial charge < -0.3 is 10.1 Å². The second-order valence-electron chi connectivity index (χ2n) is 6.51. The molecule has 9 heteroatoms. The number of rotatable bonds is 6. The van der Waals surface area contributed by atoms with Crippen LogP contribution in [0.15, 0.2) is 18.3 Å². The minimum Gasteiger partial charge on any atom is -0.379 e. The number of ether oxygens (including phenoxy) is 1. The molecule has 0 bridgehead atoms. The zero-order chi connectivity index (χ0) is 19.4. The van der Waals surface area contributed by atoms with Gasteiger partial charge in [0.05, 0.1) is 24.5 Å². The molecule has 2 aromatic rings. The van der Waals surface area contributed by atoms with Gasteiger partial charge in [-0.1, -0.05) is 13.3 Å². The Morgan fingerprint density at radius 3 is 2.70 bits per heavy atom. The minimum absolute atomic E-state index is 0.180. The number of carbonyl (C=O) groups excluding carboxylic acids is 1. The number of nitrogens with zero attached hydrogens (tertiary/aromatic N) is 3. The second kappa shape index (κ2) is 8.26. The van der Waals surface area contributed by atoms with Crippen LogP contribution in [0.1, 0.15) is 35.1 Å². The van der Waals surface area contributed by atoms with Crippen LogP contribution in [-0.2, 0) is 17.3 Å². The van der Waals surface area contributed by atoms with Crippen LogP contribution in [0.3, 0.4) is 0 Å². The molecule has 2 aromatic heterocycles. The molecule has 0 aromatic carbocycles. The molecule has 3 heterocycles. The first-order chi connectivity index (χ1) is 12.9. The molecule has 1 saturated heterocycles.